The van der Waals surface area contributed by atoms with Crippen molar-refractivity contribution in [2.45, 2.75) is 0 Å². The van der Waals surface area contributed by atoms with E-state index in [9.17, 15) is 10.1 Å². The van der Waals surface area contributed by atoms with Gasteiger partial charge in [-0.15, -0.1) is 11.6 Å². The maximum absolute atomic E-state index is 10.2. The molecule has 0 atom stereocenters. The first-order chi connectivity index (χ1) is 6.24. The van der Waals surface area contributed by atoms with Crippen LogP contribution in [0.4, 0.5) is 10.1 Å². The highest BCUT2D eigenvalue weighted by Crippen LogP contribution is 2.27. The van der Waals surface area contributed by atoms with Gasteiger partial charge in [-0.05, 0) is 11.3 Å². The molecule has 0 saturated heterocycles. The molecule has 0 amide bonds. The molecule has 0 fully saturated rings. The number of aliphatic imine (C=N–C) groups is 1. The summed E-state index contributed by atoms with van der Waals surface area (Å²) in [4.78, 5) is 17.3. The fourth-order valence-electron chi connectivity index (χ4n) is 0.511. The molecule has 0 spiro atoms. The van der Waals surface area contributed by atoms with E-state index >= 15 is 0 Å². The van der Waals surface area contributed by atoms with E-state index < -0.39 is 4.92 Å². The average Bonchev–Trinajstić information content (AvgIpc) is 2.53. The molecular weight excluding hydrogens is 234 g/mol. The summed E-state index contributed by atoms with van der Waals surface area (Å²) in [5, 5.41) is 11.0. The predicted molar refractivity (Wildman–Crippen MR) is 55.2 cm³/mol. The van der Waals surface area contributed by atoms with Crippen molar-refractivity contribution in [2.24, 2.45) is 4.99 Å². The normalized spacial score (nSPS) is 10.8. The first-order valence-electron chi connectivity index (χ1n) is 3.04. The SMILES string of the molecule is O=[N+]([O-])c1cnc(N=CSCCl)s1. The Labute approximate surface area is 87.0 Å². The summed E-state index contributed by atoms with van der Waals surface area (Å²) in [5.74, 6) is 0. The number of aromatic nitrogens is 1. The molecule has 0 aromatic carbocycles. The second-order valence-electron chi connectivity index (χ2n) is 1.75. The largest absolute Gasteiger partial charge is 0.345 e. The minimum atomic E-state index is -0.495. The Hall–Kier alpha value is -0.660. The molecule has 5 nitrogen and oxygen atoms in total. The lowest BCUT2D eigenvalue weighted by Crippen LogP contribution is -1.80. The van der Waals surface area contributed by atoms with Crippen LogP contribution in [-0.4, -0.2) is 20.7 Å². The van der Waals surface area contributed by atoms with Gasteiger partial charge in [-0.3, -0.25) is 10.1 Å². The van der Waals surface area contributed by atoms with Gasteiger partial charge in [-0.25, -0.2) is 9.98 Å². The van der Waals surface area contributed by atoms with Crippen LogP contribution < -0.4 is 0 Å². The molecule has 0 bridgehead atoms. The molecule has 1 aromatic rings. The number of hydrogen-bond acceptors (Lipinski definition) is 6. The van der Waals surface area contributed by atoms with E-state index in [1.165, 1.54) is 23.5 Å². The Kier molecular flexibility index (Phi) is 4.13. The lowest BCUT2D eigenvalue weighted by Gasteiger charge is -1.81. The van der Waals surface area contributed by atoms with Crippen LogP contribution >= 0.6 is 34.7 Å². The van der Waals surface area contributed by atoms with Crippen LogP contribution in [0.25, 0.3) is 0 Å². The molecule has 1 rings (SSSR count). The van der Waals surface area contributed by atoms with Crippen molar-refractivity contribution in [3.63, 3.8) is 0 Å². The van der Waals surface area contributed by atoms with Crippen molar-refractivity contribution >= 4 is 50.4 Å². The van der Waals surface area contributed by atoms with Crippen molar-refractivity contribution in [2.75, 3.05) is 5.21 Å². The molecule has 70 valence electrons. The molecule has 13 heavy (non-hydrogen) atoms. The van der Waals surface area contributed by atoms with Crippen LogP contribution in [-0.2, 0) is 0 Å². The number of thioether (sulfide) groups is 1. The first-order valence-corrected chi connectivity index (χ1v) is 5.44. The highest BCUT2D eigenvalue weighted by atomic mass is 35.5. The molecule has 1 heterocycles. The second-order valence-corrected chi connectivity index (χ2v) is 4.15. The fraction of sp³-hybridized carbons (Fsp3) is 0.200. The van der Waals surface area contributed by atoms with Crippen molar-refractivity contribution in [3.05, 3.63) is 16.3 Å². The third kappa shape index (κ3) is 3.29. The maximum Gasteiger partial charge on any atom is 0.345 e. The summed E-state index contributed by atoms with van der Waals surface area (Å²) in [6.45, 7) is 0. The van der Waals surface area contributed by atoms with Gasteiger partial charge in [0.15, 0.2) is 0 Å². The van der Waals surface area contributed by atoms with Crippen molar-refractivity contribution < 1.29 is 4.92 Å². The molecule has 0 aliphatic carbocycles. The third-order valence-electron chi connectivity index (χ3n) is 0.962. The monoisotopic (exact) mass is 237 g/mol. The average molecular weight is 238 g/mol. The van der Waals surface area contributed by atoms with Crippen molar-refractivity contribution in [1.29, 1.82) is 0 Å². The number of halogens is 1. The van der Waals surface area contributed by atoms with E-state index in [1.807, 2.05) is 0 Å². The summed E-state index contributed by atoms with van der Waals surface area (Å²) in [5.41, 5.74) is 1.51. The number of rotatable bonds is 4. The highest BCUT2D eigenvalue weighted by molar-refractivity contribution is 8.12. The molecule has 0 saturated carbocycles. The number of nitro groups is 1. The molecule has 0 N–H and O–H groups in total. The van der Waals surface area contributed by atoms with Crippen LogP contribution in [0.5, 0.6) is 0 Å². The van der Waals surface area contributed by atoms with E-state index in [1.54, 1.807) is 0 Å². The Morgan fingerprint density at radius 3 is 3.23 bits per heavy atom. The van der Waals surface area contributed by atoms with E-state index in [0.717, 1.165) is 11.3 Å². The van der Waals surface area contributed by atoms with Gasteiger partial charge in [-0.2, -0.15) is 0 Å². The number of nitrogens with zero attached hydrogens (tertiary/aromatic N) is 3. The zero-order valence-electron chi connectivity index (χ0n) is 6.21. The minimum Gasteiger partial charge on any atom is -0.257 e. The van der Waals surface area contributed by atoms with E-state index in [2.05, 4.69) is 9.98 Å². The van der Waals surface area contributed by atoms with Gasteiger partial charge >= 0.3 is 5.00 Å². The summed E-state index contributed by atoms with van der Waals surface area (Å²) in [7, 11) is 0. The van der Waals surface area contributed by atoms with Crippen LogP contribution in [0.15, 0.2) is 11.2 Å². The predicted octanol–water partition coefficient (Wildman–Crippen LogP) is 2.64. The van der Waals surface area contributed by atoms with Gasteiger partial charge < -0.3 is 0 Å². The lowest BCUT2D eigenvalue weighted by atomic mass is 10.9. The summed E-state index contributed by atoms with van der Waals surface area (Å²) in [6.07, 6.45) is 1.18. The first kappa shape index (κ1) is 10.4. The van der Waals surface area contributed by atoms with Crippen LogP contribution in [0.2, 0.25) is 0 Å². The van der Waals surface area contributed by atoms with Crippen LogP contribution in [0, 0.1) is 10.1 Å². The van der Waals surface area contributed by atoms with Gasteiger partial charge in [0.05, 0.1) is 15.7 Å². The van der Waals surface area contributed by atoms with Crippen LogP contribution in [0.3, 0.4) is 0 Å². The third-order valence-corrected chi connectivity index (χ3v) is 2.58. The molecule has 1 aromatic heterocycles. The van der Waals surface area contributed by atoms with E-state index in [-0.39, 0.29) is 5.00 Å². The Morgan fingerprint density at radius 1 is 1.92 bits per heavy atom. The quantitative estimate of drug-likeness (QED) is 0.265. The fourth-order valence-corrected chi connectivity index (χ4v) is 1.56. The minimum absolute atomic E-state index is 0.0111. The molecular formula is C5H4ClN3O2S2. The topological polar surface area (TPSA) is 68.4 Å². The van der Waals surface area contributed by atoms with E-state index in [4.69, 9.17) is 11.6 Å². The van der Waals surface area contributed by atoms with E-state index in [0.29, 0.717) is 10.3 Å². The number of alkyl halides is 1. The smallest absolute Gasteiger partial charge is 0.257 e. The zero-order chi connectivity index (χ0) is 9.68. The van der Waals surface area contributed by atoms with Crippen molar-refractivity contribution in [1.82, 2.24) is 4.98 Å². The summed E-state index contributed by atoms with van der Waals surface area (Å²) >= 11 is 7.59. The lowest BCUT2D eigenvalue weighted by molar-refractivity contribution is -0.380. The Balaban J connectivity index is 2.64. The van der Waals surface area contributed by atoms with Gasteiger partial charge in [0, 0.05) is 0 Å². The molecule has 0 radical (unpaired) electrons. The van der Waals surface area contributed by atoms with Crippen molar-refractivity contribution in [3.8, 4) is 0 Å². The summed E-state index contributed by atoms with van der Waals surface area (Å²) < 4.78 is 0. The number of hydrogen-bond donors (Lipinski definition) is 0. The van der Waals surface area contributed by atoms with Gasteiger partial charge in [0.2, 0.25) is 5.13 Å². The maximum atomic E-state index is 10.2. The molecule has 0 aliphatic rings. The van der Waals surface area contributed by atoms with Gasteiger partial charge in [0.25, 0.3) is 0 Å². The Bertz CT molecular complexity index is 327. The molecule has 8 heteroatoms. The molecule has 0 aliphatic heterocycles. The summed E-state index contributed by atoms with van der Waals surface area (Å²) in [6, 6.07) is 0. The molecule has 0 unspecified atom stereocenters. The highest BCUT2D eigenvalue weighted by Gasteiger charge is 2.09. The second kappa shape index (κ2) is 5.15. The zero-order valence-corrected chi connectivity index (χ0v) is 8.60. The van der Waals surface area contributed by atoms with Gasteiger partial charge in [0.1, 0.15) is 6.20 Å². The standard InChI is InChI=1S/C5H4ClN3O2S2/c6-2-12-3-8-5-7-1-4(13-5)9(10)11/h1,3H,2H2. The van der Waals surface area contributed by atoms with Gasteiger partial charge in [-0.1, -0.05) is 11.8 Å². The Morgan fingerprint density at radius 2 is 2.69 bits per heavy atom. The van der Waals surface area contributed by atoms with Crippen LogP contribution in [0.1, 0.15) is 0 Å². The number of thiazole rings is 1.